The Bertz CT molecular complexity index is 1100. The Morgan fingerprint density at radius 3 is 2.88 bits per heavy atom. The number of H-pyrrole nitrogens is 1. The second-order valence-corrected chi connectivity index (χ2v) is 8.59. The van der Waals surface area contributed by atoms with Crippen molar-refractivity contribution in [3.63, 3.8) is 0 Å². The van der Waals surface area contributed by atoms with Gasteiger partial charge >= 0.3 is 0 Å². The van der Waals surface area contributed by atoms with Crippen molar-refractivity contribution in [2.24, 2.45) is 0 Å². The van der Waals surface area contributed by atoms with Crippen LogP contribution in [-0.4, -0.2) is 56.3 Å². The maximum Gasteiger partial charge on any atom is 0.213 e. The highest BCUT2D eigenvalue weighted by molar-refractivity contribution is 7.89. The van der Waals surface area contributed by atoms with E-state index in [2.05, 4.69) is 26.1 Å². The van der Waals surface area contributed by atoms with E-state index in [1.165, 1.54) is 10.6 Å². The lowest BCUT2D eigenvalue weighted by Crippen LogP contribution is -2.64. The summed E-state index contributed by atoms with van der Waals surface area (Å²) in [6.45, 7) is 2.12. The molecule has 0 unspecified atom stereocenters. The second kappa shape index (κ2) is 5.89. The molecule has 0 radical (unpaired) electrons. The van der Waals surface area contributed by atoms with E-state index in [4.69, 9.17) is 0 Å². The molecular formula is C16H17N7O2S. The van der Waals surface area contributed by atoms with E-state index in [1.54, 1.807) is 24.0 Å². The Labute approximate surface area is 150 Å². The van der Waals surface area contributed by atoms with Crippen molar-refractivity contribution in [2.45, 2.75) is 18.9 Å². The van der Waals surface area contributed by atoms with Crippen molar-refractivity contribution in [1.82, 2.24) is 29.0 Å². The topological polar surface area (TPSA) is 121 Å². The first-order chi connectivity index (χ1) is 12.5. The van der Waals surface area contributed by atoms with Crippen molar-refractivity contribution in [1.29, 1.82) is 5.26 Å². The minimum absolute atomic E-state index is 0.0480. The molecule has 1 aliphatic heterocycles. The zero-order valence-corrected chi connectivity index (χ0v) is 14.9. The number of nitrogens with zero attached hydrogens (tertiary/aromatic N) is 6. The molecule has 0 atom stereocenters. The van der Waals surface area contributed by atoms with E-state index >= 15 is 0 Å². The third-order valence-electron chi connectivity index (χ3n) is 4.78. The summed E-state index contributed by atoms with van der Waals surface area (Å²) in [6, 6.07) is 5.87. The van der Waals surface area contributed by atoms with Crippen LogP contribution in [-0.2, 0) is 15.6 Å². The molecule has 0 amide bonds. The van der Waals surface area contributed by atoms with Gasteiger partial charge in [-0.3, -0.25) is 4.68 Å². The summed E-state index contributed by atoms with van der Waals surface area (Å²) in [5.41, 5.74) is 1.44. The number of rotatable bonds is 5. The lowest BCUT2D eigenvalue weighted by Gasteiger charge is -2.47. The van der Waals surface area contributed by atoms with Gasteiger partial charge in [-0.05, 0) is 19.1 Å². The van der Waals surface area contributed by atoms with Gasteiger partial charge in [-0.1, -0.05) is 0 Å². The zero-order valence-electron chi connectivity index (χ0n) is 14.1. The molecule has 0 bridgehead atoms. The normalized spacial score (nSPS) is 17.1. The van der Waals surface area contributed by atoms with Crippen LogP contribution in [0.15, 0.2) is 30.9 Å². The van der Waals surface area contributed by atoms with Gasteiger partial charge in [0.1, 0.15) is 28.9 Å². The highest BCUT2D eigenvalue weighted by Crippen LogP contribution is 2.35. The van der Waals surface area contributed by atoms with Crippen LogP contribution in [0.1, 0.15) is 13.3 Å². The summed E-state index contributed by atoms with van der Waals surface area (Å²) < 4.78 is 27.2. The summed E-state index contributed by atoms with van der Waals surface area (Å²) in [5.74, 6) is 0.0480. The van der Waals surface area contributed by atoms with Gasteiger partial charge in [0, 0.05) is 30.9 Å². The number of hydrogen-bond donors (Lipinski definition) is 1. The Morgan fingerprint density at radius 2 is 2.15 bits per heavy atom. The largest absolute Gasteiger partial charge is 0.346 e. The average molecular weight is 371 g/mol. The number of fused-ring (bicyclic) bond motifs is 1. The van der Waals surface area contributed by atoms with E-state index < -0.39 is 15.6 Å². The minimum Gasteiger partial charge on any atom is -0.346 e. The summed E-state index contributed by atoms with van der Waals surface area (Å²) in [6.07, 6.45) is 5.23. The van der Waals surface area contributed by atoms with Crippen LogP contribution in [0.25, 0.3) is 22.4 Å². The van der Waals surface area contributed by atoms with E-state index in [0.29, 0.717) is 11.4 Å². The second-order valence-electron chi connectivity index (χ2n) is 6.34. The van der Waals surface area contributed by atoms with Gasteiger partial charge in [-0.25, -0.2) is 18.4 Å². The molecule has 3 aromatic heterocycles. The van der Waals surface area contributed by atoms with Crippen molar-refractivity contribution in [2.75, 3.05) is 18.8 Å². The fourth-order valence-corrected chi connectivity index (χ4v) is 4.50. The van der Waals surface area contributed by atoms with Crippen molar-refractivity contribution in [3.05, 3.63) is 30.9 Å². The molecule has 0 aromatic carbocycles. The van der Waals surface area contributed by atoms with Gasteiger partial charge in [0.25, 0.3) is 0 Å². The highest BCUT2D eigenvalue weighted by atomic mass is 32.2. The number of nitrogens with one attached hydrogen (secondary N) is 1. The predicted molar refractivity (Wildman–Crippen MR) is 94.3 cm³/mol. The van der Waals surface area contributed by atoms with Crippen molar-refractivity contribution >= 4 is 21.1 Å². The zero-order chi connectivity index (χ0) is 18.4. The van der Waals surface area contributed by atoms with Crippen LogP contribution >= 0.6 is 0 Å². The predicted octanol–water partition coefficient (Wildman–Crippen LogP) is 1.10. The minimum atomic E-state index is -3.27. The molecule has 1 N–H and O–H groups in total. The van der Waals surface area contributed by atoms with Gasteiger partial charge in [-0.15, -0.1) is 0 Å². The van der Waals surface area contributed by atoms with Gasteiger partial charge in [0.2, 0.25) is 10.0 Å². The number of nitriles is 1. The molecule has 0 spiro atoms. The lowest BCUT2D eigenvalue weighted by molar-refractivity contribution is 0.0721. The third-order valence-corrected chi connectivity index (χ3v) is 6.55. The molecule has 10 heteroatoms. The van der Waals surface area contributed by atoms with Crippen LogP contribution < -0.4 is 0 Å². The monoisotopic (exact) mass is 371 g/mol. The molecule has 0 aliphatic carbocycles. The molecule has 3 aromatic rings. The maximum absolute atomic E-state index is 12.0. The van der Waals surface area contributed by atoms with Crippen LogP contribution in [0, 0.1) is 11.3 Å². The number of aromatic nitrogens is 5. The Morgan fingerprint density at radius 1 is 1.35 bits per heavy atom. The third kappa shape index (κ3) is 2.48. The fourth-order valence-electron chi connectivity index (χ4n) is 3.27. The molecule has 4 heterocycles. The molecule has 26 heavy (non-hydrogen) atoms. The highest BCUT2D eigenvalue weighted by Gasteiger charge is 2.49. The quantitative estimate of drug-likeness (QED) is 0.717. The van der Waals surface area contributed by atoms with E-state index in [0.717, 1.165) is 11.0 Å². The molecule has 1 aliphatic rings. The summed E-state index contributed by atoms with van der Waals surface area (Å²) in [4.78, 5) is 11.5. The molecule has 0 saturated carbocycles. The average Bonchev–Trinajstić information content (AvgIpc) is 3.26. The molecule has 9 nitrogen and oxygen atoms in total. The van der Waals surface area contributed by atoms with Gasteiger partial charge in [0.15, 0.2) is 0 Å². The first-order valence-corrected chi connectivity index (χ1v) is 9.79. The molecular weight excluding hydrogens is 354 g/mol. The number of hydrogen-bond acceptors (Lipinski definition) is 6. The van der Waals surface area contributed by atoms with Gasteiger partial charge < -0.3 is 4.98 Å². The molecule has 1 fully saturated rings. The lowest BCUT2D eigenvalue weighted by atomic mass is 9.89. The van der Waals surface area contributed by atoms with Crippen LogP contribution in [0.5, 0.6) is 0 Å². The SMILES string of the molecule is CCS(=O)(=O)N1CC(CC#N)(n2ccc(-c3ncnc4[nH]ccc34)n2)C1. The first-order valence-electron chi connectivity index (χ1n) is 8.18. The van der Waals surface area contributed by atoms with Gasteiger partial charge in [0.05, 0.1) is 18.2 Å². The standard InChI is InChI=1S/C16H17N7O2S/c1-2-26(24,25)22-9-16(10-22,5-6-17)23-8-4-13(21-23)14-12-3-7-18-15(12)20-11-19-14/h3-4,7-8,11H,2,5,9-10H2,1H3,(H,18,19,20). The number of sulfonamides is 1. The number of aromatic amines is 1. The van der Waals surface area contributed by atoms with E-state index in [9.17, 15) is 13.7 Å². The smallest absolute Gasteiger partial charge is 0.213 e. The van der Waals surface area contributed by atoms with Crippen LogP contribution in [0.2, 0.25) is 0 Å². The van der Waals surface area contributed by atoms with Gasteiger partial charge in [-0.2, -0.15) is 14.7 Å². The van der Waals surface area contributed by atoms with E-state index in [1.807, 2.05) is 12.1 Å². The Balaban J connectivity index is 1.69. The summed E-state index contributed by atoms with van der Waals surface area (Å²) >= 11 is 0. The Kier molecular flexibility index (Phi) is 3.78. The molecule has 134 valence electrons. The molecule has 1 saturated heterocycles. The fraction of sp³-hybridized carbons (Fsp3) is 0.375. The van der Waals surface area contributed by atoms with Crippen LogP contribution in [0.4, 0.5) is 0 Å². The maximum atomic E-state index is 12.0. The van der Waals surface area contributed by atoms with E-state index in [-0.39, 0.29) is 25.3 Å². The van der Waals surface area contributed by atoms with Crippen molar-refractivity contribution < 1.29 is 8.42 Å². The first kappa shape index (κ1) is 16.7. The molecule has 4 rings (SSSR count). The summed E-state index contributed by atoms with van der Waals surface area (Å²) in [5, 5.41) is 14.7. The van der Waals surface area contributed by atoms with Crippen LogP contribution in [0.3, 0.4) is 0 Å². The Hall–Kier alpha value is -2.77. The summed E-state index contributed by atoms with van der Waals surface area (Å²) in [7, 11) is -3.27. The van der Waals surface area contributed by atoms with Crippen molar-refractivity contribution in [3.8, 4) is 17.5 Å².